The minimum atomic E-state index is -2.43. The molecule has 16 N–H and O–H groups in total. The molecular weight excluding hydrogens is 1580 g/mol. The Labute approximate surface area is 700 Å². The highest BCUT2D eigenvalue weighted by atomic mass is 19.1. The quantitative estimate of drug-likeness (QED) is 0.0283. The smallest absolute Gasteiger partial charge is 0.407 e. The lowest BCUT2D eigenvalue weighted by atomic mass is 9.44. The molecule has 17 atom stereocenters. The third kappa shape index (κ3) is 24.0. The van der Waals surface area contributed by atoms with Crippen LogP contribution < -0.4 is 53.2 Å². The summed E-state index contributed by atoms with van der Waals surface area (Å²) >= 11 is 0. The molecule has 3 saturated carbocycles. The lowest BCUT2D eigenvalue weighted by Crippen LogP contribution is -2.71. The molecule has 10 amide bonds. The van der Waals surface area contributed by atoms with E-state index in [0.717, 1.165) is 22.8 Å². The van der Waals surface area contributed by atoms with Gasteiger partial charge >= 0.3 is 12.1 Å². The van der Waals surface area contributed by atoms with Gasteiger partial charge < -0.3 is 117 Å². The number of ketones is 2. The number of allylic oxidation sites excluding steroid dienone is 4. The number of alkyl halides is 2. The van der Waals surface area contributed by atoms with Crippen LogP contribution in [0.2, 0.25) is 0 Å². The largest absolute Gasteiger partial charge is 0.445 e. The SMILES string of the molecule is CCCC1O[C@@H]2C[C@H]3[C@@H]4C[C@H](F)C5=CC(=O)C=C[C@]5(C)[C@@]4(F)[C@@H](O)C[C@]3(C)[C@]2(C(=O)CNC(=O)OCc2ccc(NC(=O)[C@H](CCCNC(N)=O)NC(=O)[C@@H](NC(=O)[C@@H](CCC(=O)NC[C@H](O)[C@@H](O)[C@H](O)[C@H](O)CO)NC(=O)CCOCCOCCOCCOCCNC(=O)CCC(=O)N3Cc4ccccc4C#Cc4ccccc43)C(C)C)cc2)O1. The highest BCUT2D eigenvalue weighted by Crippen LogP contribution is 2.72. The summed E-state index contributed by atoms with van der Waals surface area (Å²) in [5, 5.41) is 82.2. The summed E-state index contributed by atoms with van der Waals surface area (Å²) in [6.45, 7) is 7.26. The predicted molar refractivity (Wildman–Crippen MR) is 431 cm³/mol. The Balaban J connectivity index is 0.715. The van der Waals surface area contributed by atoms with Gasteiger partial charge in [0.05, 0.1) is 96.6 Å². The first-order valence-corrected chi connectivity index (χ1v) is 41.0. The fourth-order valence-electron chi connectivity index (χ4n) is 16.8. The number of carbonyl (C=O) groups is 11. The molecule has 6 aliphatic rings. The number of benzene rings is 3. The number of aliphatic hydroxyl groups is 6. The van der Waals surface area contributed by atoms with Crippen LogP contribution in [0.15, 0.2) is 96.6 Å². The van der Waals surface area contributed by atoms with Gasteiger partial charge in [-0.05, 0) is 123 Å². The van der Waals surface area contributed by atoms with E-state index >= 15 is 8.78 Å². The van der Waals surface area contributed by atoms with Gasteiger partial charge in [0.25, 0.3) is 0 Å². The van der Waals surface area contributed by atoms with Gasteiger partial charge in [0.15, 0.2) is 29.1 Å². The van der Waals surface area contributed by atoms with E-state index < -0.39 is 193 Å². The van der Waals surface area contributed by atoms with Gasteiger partial charge in [-0.2, -0.15) is 0 Å². The number of halogens is 2. The van der Waals surface area contributed by atoms with E-state index in [-0.39, 0.29) is 147 Å². The van der Waals surface area contributed by atoms with Gasteiger partial charge in [-0.15, -0.1) is 0 Å². The Morgan fingerprint density at radius 1 is 0.694 bits per heavy atom. The molecule has 34 nitrogen and oxygen atoms in total. The van der Waals surface area contributed by atoms with E-state index in [0.29, 0.717) is 30.6 Å². The second-order valence-corrected chi connectivity index (χ2v) is 31.8. The molecule has 0 spiro atoms. The lowest BCUT2D eigenvalue weighted by molar-refractivity contribution is -0.233. The molecule has 0 radical (unpaired) electrons. The summed E-state index contributed by atoms with van der Waals surface area (Å²) in [6, 6.07) is 15.9. The number of para-hydroxylation sites is 1. The molecule has 1 saturated heterocycles. The van der Waals surface area contributed by atoms with Crippen molar-refractivity contribution in [3.8, 4) is 11.8 Å². The molecule has 121 heavy (non-hydrogen) atoms. The maximum Gasteiger partial charge on any atom is 0.407 e. The number of alkyl carbamates (subject to hydrolysis) is 1. The normalized spacial score (nSPS) is 24.6. The van der Waals surface area contributed by atoms with E-state index in [1.54, 1.807) is 25.7 Å². The van der Waals surface area contributed by atoms with Crippen molar-refractivity contribution < 1.29 is 125 Å². The number of hydrogen-bond donors (Lipinski definition) is 15. The highest BCUT2D eigenvalue weighted by molar-refractivity contribution is 6.02. The van der Waals surface area contributed by atoms with Crippen LogP contribution in [-0.2, 0) is 89.5 Å². The van der Waals surface area contributed by atoms with Crippen molar-refractivity contribution in [2.75, 3.05) is 95.9 Å². The summed E-state index contributed by atoms with van der Waals surface area (Å²) in [7, 11) is 0. The van der Waals surface area contributed by atoms with E-state index in [1.165, 1.54) is 43.3 Å². The Morgan fingerprint density at radius 2 is 1.34 bits per heavy atom. The molecule has 3 aromatic carbocycles. The number of carbonyl (C=O) groups excluding carboxylic acids is 11. The number of fused-ring (bicyclic) bond motifs is 9. The van der Waals surface area contributed by atoms with Gasteiger partial charge in [-0.1, -0.05) is 94.5 Å². The van der Waals surface area contributed by atoms with Crippen LogP contribution in [0.25, 0.3) is 0 Å². The predicted octanol–water partition coefficient (Wildman–Crippen LogP) is 1.82. The summed E-state index contributed by atoms with van der Waals surface area (Å²) in [5.41, 5.74) is 1.81. The molecule has 36 heteroatoms. The van der Waals surface area contributed by atoms with Crippen molar-refractivity contribution in [1.29, 1.82) is 0 Å². The summed E-state index contributed by atoms with van der Waals surface area (Å²) in [4.78, 5) is 149. The van der Waals surface area contributed by atoms with Crippen LogP contribution in [0.3, 0.4) is 0 Å². The molecule has 2 aliphatic heterocycles. The van der Waals surface area contributed by atoms with Crippen molar-refractivity contribution in [2.45, 2.75) is 203 Å². The first-order valence-electron chi connectivity index (χ1n) is 41.0. The average Bonchev–Trinajstić information content (AvgIpc) is 1.54. The van der Waals surface area contributed by atoms with Gasteiger partial charge in [0.1, 0.15) is 49.2 Å². The highest BCUT2D eigenvalue weighted by Gasteiger charge is 2.80. The van der Waals surface area contributed by atoms with Crippen LogP contribution in [0.5, 0.6) is 0 Å². The Kier molecular flexibility index (Phi) is 34.9. The van der Waals surface area contributed by atoms with Gasteiger partial charge in [-0.3, -0.25) is 43.2 Å². The maximum atomic E-state index is 18.0. The zero-order chi connectivity index (χ0) is 87.8. The first-order chi connectivity index (χ1) is 57.8. The van der Waals surface area contributed by atoms with E-state index in [2.05, 4.69) is 54.4 Å². The zero-order valence-corrected chi connectivity index (χ0v) is 68.6. The number of nitrogens with zero attached hydrogens (tertiary/aromatic N) is 1. The van der Waals surface area contributed by atoms with Crippen molar-refractivity contribution >= 4 is 76.4 Å². The second-order valence-electron chi connectivity index (χ2n) is 31.8. The molecular formula is C85H114F2N10O24. The topological polar surface area (TPSA) is 499 Å². The van der Waals surface area contributed by atoms with Crippen LogP contribution in [0, 0.1) is 40.4 Å². The number of ether oxygens (including phenoxy) is 7. The lowest BCUT2D eigenvalue weighted by Gasteiger charge is -2.63. The zero-order valence-electron chi connectivity index (χ0n) is 68.6. The number of aliphatic hydroxyl groups excluding tert-OH is 6. The Hall–Kier alpha value is -9.75. The number of nitrogens with two attached hydrogens (primary N) is 1. The molecule has 3 aromatic rings. The number of Topliss-reactive ketones (excluding diaryl/α,β-unsaturated/α-hetero) is 1. The number of urea groups is 1. The average molecular weight is 1700 g/mol. The number of amides is 10. The summed E-state index contributed by atoms with van der Waals surface area (Å²) in [6.07, 6.45) is -11.1. The minimum absolute atomic E-state index is 0.00742. The third-order valence-corrected chi connectivity index (χ3v) is 23.2. The van der Waals surface area contributed by atoms with Crippen molar-refractivity contribution in [3.63, 3.8) is 0 Å². The van der Waals surface area contributed by atoms with Gasteiger partial charge in [0.2, 0.25) is 41.4 Å². The number of nitrogens with one attached hydrogen (secondary N) is 8. The van der Waals surface area contributed by atoms with Crippen LogP contribution in [0.1, 0.15) is 134 Å². The molecule has 0 aromatic heterocycles. The van der Waals surface area contributed by atoms with Crippen LogP contribution in [-0.4, -0.2) is 260 Å². The monoisotopic (exact) mass is 1700 g/mol. The van der Waals surface area contributed by atoms with Crippen LogP contribution in [0.4, 0.5) is 29.7 Å². The van der Waals surface area contributed by atoms with Crippen LogP contribution >= 0.6 is 0 Å². The molecule has 9 rings (SSSR count). The summed E-state index contributed by atoms with van der Waals surface area (Å²) < 4.78 is 75.0. The molecule has 1 unspecified atom stereocenters. The fourth-order valence-corrected chi connectivity index (χ4v) is 16.8. The number of hydrogen-bond acceptors (Lipinski definition) is 24. The van der Waals surface area contributed by atoms with E-state index in [9.17, 15) is 83.4 Å². The summed E-state index contributed by atoms with van der Waals surface area (Å²) in [5.74, 6) is -1.91. The van der Waals surface area contributed by atoms with E-state index in [4.69, 9.17) is 38.9 Å². The minimum Gasteiger partial charge on any atom is -0.445 e. The van der Waals surface area contributed by atoms with Crippen molar-refractivity contribution in [3.05, 3.63) is 119 Å². The Bertz CT molecular complexity index is 4260. The Morgan fingerprint density at radius 3 is 2.02 bits per heavy atom. The molecule has 0 bridgehead atoms. The van der Waals surface area contributed by atoms with Crippen molar-refractivity contribution in [1.82, 2.24) is 37.2 Å². The molecule has 4 fully saturated rings. The molecule has 4 aliphatic carbocycles. The fraction of sp³-hybridized carbons (Fsp3) is 0.588. The first kappa shape index (κ1) is 95.1. The maximum absolute atomic E-state index is 18.0. The second kappa shape index (κ2) is 44.4. The number of primary amides is 1. The molecule has 2 heterocycles. The van der Waals surface area contributed by atoms with Gasteiger partial charge in [-0.25, -0.2) is 18.4 Å². The van der Waals surface area contributed by atoms with Crippen molar-refractivity contribution in [2.24, 2.45) is 34.3 Å². The standard InChI is InChI=1S/C85H114F2N10O24/c1-6-12-73-120-68-43-57-58-42-60(86)59-41-56(99)28-30-82(59,4)84(58,87)66(102)44-83(57,5)85(68,121-73)67(103)46-92-81(114)119-49-51-18-22-55(23-19-51)93-77(110)61(16-11-31-90-80(88)113)95-79(112)74(50(2)3)96-78(111)62(24-25-70(105)91-45-64(100)75(108)76(109)65(101)48-98)94-71(106)29-33-115-35-37-117-39-40-118-38-36-116-34-32-89-69(104)26-27-72(107)97-47-54-15-8-7-13-52(54)20-21-53-14-9-10-17-63(53)97/h7-10,13-15,17-19,22-23,28,30,41,50,57-58,60-62,64-66,68,73-76,98,100-102,108-109H,6,11-12,16,24-27,29,31-40,42-49H2,1-5H3,(H,89,104)(H,91,105)(H,92,114)(H,93,110)(H,94,106)(H,95,112)(H,96,111)(H3,88,90,113)/t57-,58-,60-,61-,62+,64-,65+,66-,68+,73?,74-,75+,76+,82-,83-,84-,85+/m0/s1. The molecule has 662 valence electrons. The number of rotatable bonds is 46. The van der Waals surface area contributed by atoms with E-state index in [1.807, 2.05) is 55.5 Å². The van der Waals surface area contributed by atoms with Gasteiger partial charge in [0, 0.05) is 78.9 Å². The number of anilines is 2. The third-order valence-electron chi connectivity index (χ3n) is 23.2.